The summed E-state index contributed by atoms with van der Waals surface area (Å²) in [7, 11) is 4.19. The van der Waals surface area contributed by atoms with Crippen molar-refractivity contribution in [1.29, 1.82) is 0 Å². The topological polar surface area (TPSA) is 33.1 Å². The number of aryl methyl sites for hydroxylation is 1. The van der Waals surface area contributed by atoms with Crippen molar-refractivity contribution in [3.63, 3.8) is 0 Å². The van der Waals surface area contributed by atoms with Crippen LogP contribution >= 0.6 is 0 Å². The van der Waals surface area contributed by atoms with E-state index in [2.05, 4.69) is 40.7 Å². The fourth-order valence-corrected chi connectivity index (χ4v) is 1.73. The number of imidazole rings is 1. The normalized spacial score (nSPS) is 11.6. The summed E-state index contributed by atoms with van der Waals surface area (Å²) in [6.07, 6.45) is 5.04. The van der Waals surface area contributed by atoms with E-state index < -0.39 is 0 Å². The molecule has 0 aliphatic heterocycles. The molecule has 1 rings (SSSR count). The van der Waals surface area contributed by atoms with Gasteiger partial charge in [-0.25, -0.2) is 4.98 Å². The van der Waals surface area contributed by atoms with Crippen LogP contribution in [0.5, 0.6) is 0 Å². The molecule has 0 amide bonds. The smallest absolute Gasteiger partial charge is 0.122 e. The van der Waals surface area contributed by atoms with Crippen LogP contribution in [0.4, 0.5) is 0 Å². The third-order valence-corrected chi connectivity index (χ3v) is 2.78. The van der Waals surface area contributed by atoms with Crippen LogP contribution in [0.3, 0.4) is 0 Å². The standard InChI is InChI=1S/C13H26N4/c1-12(2)10-14-6-5-8-16(3)11-13-15-7-9-17(13)4/h7,9,12,14H,5-6,8,10-11H2,1-4H3. The van der Waals surface area contributed by atoms with Crippen molar-refractivity contribution in [2.45, 2.75) is 26.8 Å². The molecule has 1 aromatic heterocycles. The van der Waals surface area contributed by atoms with Crippen LogP contribution in [0.25, 0.3) is 0 Å². The van der Waals surface area contributed by atoms with Gasteiger partial charge >= 0.3 is 0 Å². The van der Waals surface area contributed by atoms with Crippen LogP contribution < -0.4 is 5.32 Å². The molecular weight excluding hydrogens is 212 g/mol. The molecule has 98 valence electrons. The second-order valence-electron chi connectivity index (χ2n) is 5.14. The average molecular weight is 238 g/mol. The lowest BCUT2D eigenvalue weighted by Gasteiger charge is -2.16. The van der Waals surface area contributed by atoms with Gasteiger partial charge in [0.25, 0.3) is 0 Å². The average Bonchev–Trinajstić information content (AvgIpc) is 2.63. The molecule has 0 saturated carbocycles. The Morgan fingerprint density at radius 1 is 1.47 bits per heavy atom. The molecule has 17 heavy (non-hydrogen) atoms. The molecule has 0 fully saturated rings. The summed E-state index contributed by atoms with van der Waals surface area (Å²) in [6.45, 7) is 8.72. The minimum atomic E-state index is 0.736. The zero-order chi connectivity index (χ0) is 12.7. The summed E-state index contributed by atoms with van der Waals surface area (Å²) in [4.78, 5) is 6.65. The predicted octanol–water partition coefficient (Wildman–Crippen LogP) is 1.49. The Morgan fingerprint density at radius 2 is 2.24 bits per heavy atom. The van der Waals surface area contributed by atoms with Crippen LogP contribution in [0.1, 0.15) is 26.1 Å². The van der Waals surface area contributed by atoms with E-state index in [9.17, 15) is 0 Å². The number of hydrogen-bond acceptors (Lipinski definition) is 3. The first-order valence-corrected chi connectivity index (χ1v) is 6.45. The van der Waals surface area contributed by atoms with Crippen LogP contribution in [-0.2, 0) is 13.6 Å². The molecule has 1 heterocycles. The summed E-state index contributed by atoms with van der Waals surface area (Å²) < 4.78 is 2.08. The van der Waals surface area contributed by atoms with Crippen LogP contribution in [-0.4, -0.2) is 41.1 Å². The number of rotatable bonds is 8. The van der Waals surface area contributed by atoms with Gasteiger partial charge in [-0.1, -0.05) is 13.8 Å². The monoisotopic (exact) mass is 238 g/mol. The molecule has 4 nitrogen and oxygen atoms in total. The molecular formula is C13H26N4. The first kappa shape index (κ1) is 14.2. The largest absolute Gasteiger partial charge is 0.337 e. The highest BCUT2D eigenvalue weighted by Crippen LogP contribution is 1.99. The third-order valence-electron chi connectivity index (χ3n) is 2.78. The van der Waals surface area contributed by atoms with Crippen LogP contribution in [0.15, 0.2) is 12.4 Å². The van der Waals surface area contributed by atoms with Gasteiger partial charge in [0.15, 0.2) is 0 Å². The maximum Gasteiger partial charge on any atom is 0.122 e. The summed E-state index contributed by atoms with van der Waals surface area (Å²) in [5.74, 6) is 1.86. The van der Waals surface area contributed by atoms with Crippen molar-refractivity contribution in [3.05, 3.63) is 18.2 Å². The Labute approximate surface area is 105 Å². The first-order valence-electron chi connectivity index (χ1n) is 6.45. The Bertz CT molecular complexity index is 306. The van der Waals surface area contributed by atoms with E-state index in [0.29, 0.717) is 0 Å². The molecule has 4 heteroatoms. The first-order chi connectivity index (χ1) is 8.09. The third kappa shape index (κ3) is 5.84. The van der Waals surface area contributed by atoms with Crippen molar-refractivity contribution >= 4 is 0 Å². The van der Waals surface area contributed by atoms with Crippen molar-refractivity contribution < 1.29 is 0 Å². The van der Waals surface area contributed by atoms with Gasteiger partial charge in [-0.05, 0) is 39.0 Å². The molecule has 1 N–H and O–H groups in total. The number of nitrogens with zero attached hydrogens (tertiary/aromatic N) is 3. The molecule has 0 aromatic carbocycles. The zero-order valence-corrected chi connectivity index (χ0v) is 11.6. The summed E-state index contributed by atoms with van der Waals surface area (Å²) in [5, 5.41) is 3.46. The fourth-order valence-electron chi connectivity index (χ4n) is 1.73. The fraction of sp³-hybridized carbons (Fsp3) is 0.769. The van der Waals surface area contributed by atoms with E-state index >= 15 is 0 Å². The molecule has 0 saturated heterocycles. The van der Waals surface area contributed by atoms with Gasteiger partial charge in [-0.15, -0.1) is 0 Å². The quantitative estimate of drug-likeness (QED) is 0.697. The number of aromatic nitrogens is 2. The lowest BCUT2D eigenvalue weighted by atomic mass is 10.2. The van der Waals surface area contributed by atoms with Gasteiger partial charge < -0.3 is 9.88 Å². The molecule has 0 aliphatic rings. The summed E-state index contributed by atoms with van der Waals surface area (Å²) >= 11 is 0. The van der Waals surface area contributed by atoms with Gasteiger partial charge in [0.2, 0.25) is 0 Å². The van der Waals surface area contributed by atoms with Gasteiger partial charge in [-0.2, -0.15) is 0 Å². The second-order valence-corrected chi connectivity index (χ2v) is 5.14. The number of nitrogens with one attached hydrogen (secondary N) is 1. The minimum Gasteiger partial charge on any atom is -0.337 e. The van der Waals surface area contributed by atoms with Crippen molar-refractivity contribution in [2.75, 3.05) is 26.7 Å². The van der Waals surface area contributed by atoms with Crippen LogP contribution in [0, 0.1) is 5.92 Å². The summed E-state index contributed by atoms with van der Waals surface area (Å²) in [6, 6.07) is 0. The molecule has 0 spiro atoms. The lowest BCUT2D eigenvalue weighted by Crippen LogP contribution is -2.26. The highest BCUT2D eigenvalue weighted by Gasteiger charge is 2.03. The maximum absolute atomic E-state index is 4.33. The molecule has 0 bridgehead atoms. The minimum absolute atomic E-state index is 0.736. The van der Waals surface area contributed by atoms with Gasteiger partial charge in [0.1, 0.15) is 5.82 Å². The van der Waals surface area contributed by atoms with E-state index in [1.807, 2.05) is 19.4 Å². The van der Waals surface area contributed by atoms with E-state index in [0.717, 1.165) is 37.9 Å². The maximum atomic E-state index is 4.33. The van der Waals surface area contributed by atoms with E-state index in [-0.39, 0.29) is 0 Å². The van der Waals surface area contributed by atoms with Gasteiger partial charge in [-0.3, -0.25) is 4.90 Å². The van der Waals surface area contributed by atoms with Gasteiger partial charge in [0.05, 0.1) is 6.54 Å². The van der Waals surface area contributed by atoms with E-state index in [1.54, 1.807) is 0 Å². The van der Waals surface area contributed by atoms with Gasteiger partial charge in [0, 0.05) is 19.4 Å². The highest BCUT2D eigenvalue weighted by atomic mass is 15.1. The summed E-state index contributed by atoms with van der Waals surface area (Å²) in [5.41, 5.74) is 0. The van der Waals surface area contributed by atoms with Crippen molar-refractivity contribution in [2.24, 2.45) is 13.0 Å². The molecule has 0 unspecified atom stereocenters. The predicted molar refractivity (Wildman–Crippen MR) is 71.9 cm³/mol. The molecule has 0 atom stereocenters. The molecule has 1 aromatic rings. The Morgan fingerprint density at radius 3 is 2.82 bits per heavy atom. The Kier molecular flexibility index (Phi) is 6.22. The van der Waals surface area contributed by atoms with Crippen LogP contribution in [0.2, 0.25) is 0 Å². The number of hydrogen-bond donors (Lipinski definition) is 1. The Hall–Kier alpha value is -0.870. The SMILES string of the molecule is CC(C)CNCCCN(C)Cc1nccn1C. The Balaban J connectivity index is 2.09. The van der Waals surface area contributed by atoms with E-state index in [4.69, 9.17) is 0 Å². The molecule has 0 aliphatic carbocycles. The van der Waals surface area contributed by atoms with Crippen molar-refractivity contribution in [3.8, 4) is 0 Å². The zero-order valence-electron chi connectivity index (χ0n) is 11.6. The van der Waals surface area contributed by atoms with E-state index in [1.165, 1.54) is 6.42 Å². The highest BCUT2D eigenvalue weighted by molar-refractivity contribution is 4.90. The molecule has 0 radical (unpaired) electrons. The van der Waals surface area contributed by atoms with Crippen molar-refractivity contribution in [1.82, 2.24) is 19.8 Å². The second kappa shape index (κ2) is 7.45. The lowest BCUT2D eigenvalue weighted by molar-refractivity contribution is 0.307.